The standard InChI is InChI=1S/C22H24N2/c23-13-16-1-5-19(6-2-16)21-14-22(21,15-21)20-7-3-17(4-8-20)18-9-11-24-12-10-18/h1-9,24H,10-15,23H2. The Hall–Kier alpha value is -1.90. The molecule has 1 heterocycles. The van der Waals surface area contributed by atoms with E-state index in [2.05, 4.69) is 59.9 Å². The van der Waals surface area contributed by atoms with Crippen molar-refractivity contribution in [1.82, 2.24) is 5.32 Å². The highest BCUT2D eigenvalue weighted by Crippen LogP contribution is 2.85. The second kappa shape index (κ2) is 5.05. The number of nitrogens with one attached hydrogen (secondary N) is 1. The van der Waals surface area contributed by atoms with Gasteiger partial charge in [0.1, 0.15) is 0 Å². The zero-order valence-corrected chi connectivity index (χ0v) is 14.0. The summed E-state index contributed by atoms with van der Waals surface area (Å²) >= 11 is 0. The molecule has 1 aliphatic heterocycles. The molecule has 122 valence electrons. The SMILES string of the molecule is NCc1ccc(C23CC2(c2ccc(C4=CCNCC4)cc2)C3)cc1. The fraction of sp³-hybridized carbons (Fsp3) is 0.364. The second-order valence-electron chi connectivity index (χ2n) is 7.68. The van der Waals surface area contributed by atoms with Gasteiger partial charge >= 0.3 is 0 Å². The van der Waals surface area contributed by atoms with Gasteiger partial charge in [0.15, 0.2) is 0 Å². The molecule has 2 aliphatic carbocycles. The molecule has 2 aromatic carbocycles. The molecule has 2 saturated carbocycles. The Morgan fingerprint density at radius 3 is 2.04 bits per heavy atom. The third-order valence-corrected chi connectivity index (χ3v) is 6.49. The number of rotatable bonds is 4. The van der Waals surface area contributed by atoms with Crippen molar-refractivity contribution in [3.63, 3.8) is 0 Å². The number of hydrogen-bond acceptors (Lipinski definition) is 2. The predicted octanol–water partition coefficient (Wildman–Crippen LogP) is 3.51. The number of benzene rings is 2. The molecule has 2 heteroatoms. The van der Waals surface area contributed by atoms with E-state index in [1.54, 1.807) is 0 Å². The Morgan fingerprint density at radius 2 is 1.50 bits per heavy atom. The zero-order chi connectivity index (χ0) is 16.2. The van der Waals surface area contributed by atoms with Gasteiger partial charge in [-0.15, -0.1) is 0 Å². The molecule has 2 nitrogen and oxygen atoms in total. The fourth-order valence-electron chi connectivity index (χ4n) is 4.70. The summed E-state index contributed by atoms with van der Waals surface area (Å²) < 4.78 is 0. The van der Waals surface area contributed by atoms with Gasteiger partial charge in [-0.3, -0.25) is 0 Å². The fourth-order valence-corrected chi connectivity index (χ4v) is 4.70. The molecule has 0 spiro atoms. The first-order valence-corrected chi connectivity index (χ1v) is 9.08. The quantitative estimate of drug-likeness (QED) is 0.906. The summed E-state index contributed by atoms with van der Waals surface area (Å²) in [7, 11) is 0. The first-order valence-electron chi connectivity index (χ1n) is 9.08. The number of hydrogen-bond donors (Lipinski definition) is 2. The van der Waals surface area contributed by atoms with Crippen molar-refractivity contribution in [2.45, 2.75) is 36.6 Å². The first kappa shape index (κ1) is 14.4. The Labute approximate surface area is 143 Å². The van der Waals surface area contributed by atoms with E-state index in [9.17, 15) is 0 Å². The minimum Gasteiger partial charge on any atom is -0.326 e. The summed E-state index contributed by atoms with van der Waals surface area (Å²) in [4.78, 5) is 0. The molecular weight excluding hydrogens is 292 g/mol. The first-order chi connectivity index (χ1) is 11.8. The largest absolute Gasteiger partial charge is 0.326 e. The number of fused-ring (bicyclic) bond motifs is 1. The highest BCUT2D eigenvalue weighted by atomic mass is 14.9. The normalized spacial score (nSPS) is 30.5. The van der Waals surface area contributed by atoms with Crippen LogP contribution in [0.25, 0.3) is 5.57 Å². The van der Waals surface area contributed by atoms with Crippen molar-refractivity contribution in [3.05, 3.63) is 76.9 Å². The van der Waals surface area contributed by atoms with Crippen molar-refractivity contribution < 1.29 is 0 Å². The molecule has 0 unspecified atom stereocenters. The Morgan fingerprint density at radius 1 is 0.875 bits per heavy atom. The summed E-state index contributed by atoms with van der Waals surface area (Å²) in [5, 5.41) is 3.38. The van der Waals surface area contributed by atoms with Gasteiger partial charge < -0.3 is 11.1 Å². The molecular formula is C22H24N2. The molecule has 3 aliphatic rings. The van der Waals surface area contributed by atoms with Gasteiger partial charge in [-0.05, 0) is 53.6 Å². The van der Waals surface area contributed by atoms with Crippen LogP contribution in [0.15, 0.2) is 54.6 Å². The predicted molar refractivity (Wildman–Crippen MR) is 98.8 cm³/mol. The Bertz CT molecular complexity index is 793. The highest BCUT2D eigenvalue weighted by molar-refractivity contribution is 5.68. The molecule has 0 saturated heterocycles. The topological polar surface area (TPSA) is 38.0 Å². The van der Waals surface area contributed by atoms with Gasteiger partial charge in [0.25, 0.3) is 0 Å². The van der Waals surface area contributed by atoms with Crippen LogP contribution in [0.5, 0.6) is 0 Å². The third-order valence-electron chi connectivity index (χ3n) is 6.49. The van der Waals surface area contributed by atoms with Crippen LogP contribution < -0.4 is 11.1 Å². The van der Waals surface area contributed by atoms with E-state index in [0.29, 0.717) is 17.4 Å². The van der Waals surface area contributed by atoms with Crippen LogP contribution in [0.2, 0.25) is 0 Å². The summed E-state index contributed by atoms with van der Waals surface area (Å²) in [5.41, 5.74) is 13.7. The summed E-state index contributed by atoms with van der Waals surface area (Å²) in [5.74, 6) is 0. The highest BCUT2D eigenvalue weighted by Gasteiger charge is 2.83. The molecule has 0 bridgehead atoms. The van der Waals surface area contributed by atoms with Gasteiger partial charge in [0.2, 0.25) is 0 Å². The molecule has 2 fully saturated rings. The van der Waals surface area contributed by atoms with Gasteiger partial charge in [0, 0.05) is 23.9 Å². The molecule has 0 atom stereocenters. The van der Waals surface area contributed by atoms with Gasteiger partial charge in [-0.2, -0.15) is 0 Å². The molecule has 24 heavy (non-hydrogen) atoms. The van der Waals surface area contributed by atoms with E-state index in [-0.39, 0.29) is 0 Å². The van der Waals surface area contributed by atoms with Crippen molar-refractivity contribution in [3.8, 4) is 0 Å². The van der Waals surface area contributed by atoms with E-state index in [1.807, 2.05) is 0 Å². The molecule has 3 N–H and O–H groups in total. The smallest absolute Gasteiger partial charge is 0.0178 e. The summed E-state index contributed by atoms with van der Waals surface area (Å²) in [6, 6.07) is 18.4. The van der Waals surface area contributed by atoms with Crippen LogP contribution >= 0.6 is 0 Å². The Balaban J connectivity index is 1.38. The summed E-state index contributed by atoms with van der Waals surface area (Å²) in [6.07, 6.45) is 6.10. The lowest BCUT2D eigenvalue weighted by atomic mass is 9.96. The maximum atomic E-state index is 5.72. The van der Waals surface area contributed by atoms with Gasteiger partial charge in [0.05, 0.1) is 0 Å². The van der Waals surface area contributed by atoms with Gasteiger partial charge in [-0.25, -0.2) is 0 Å². The Kier molecular flexibility index (Phi) is 3.04. The lowest BCUT2D eigenvalue weighted by Crippen LogP contribution is -2.20. The van der Waals surface area contributed by atoms with Crippen LogP contribution in [0.4, 0.5) is 0 Å². The zero-order valence-electron chi connectivity index (χ0n) is 14.0. The van der Waals surface area contributed by atoms with E-state index < -0.39 is 0 Å². The monoisotopic (exact) mass is 316 g/mol. The van der Waals surface area contributed by atoms with Gasteiger partial charge in [-0.1, -0.05) is 54.6 Å². The molecule has 0 aromatic heterocycles. The molecule has 5 rings (SSSR count). The van der Waals surface area contributed by atoms with E-state index in [4.69, 9.17) is 5.73 Å². The van der Waals surface area contributed by atoms with E-state index in [1.165, 1.54) is 40.7 Å². The number of nitrogens with two attached hydrogens (primary N) is 1. The maximum absolute atomic E-state index is 5.72. The van der Waals surface area contributed by atoms with Crippen LogP contribution in [-0.4, -0.2) is 13.1 Å². The van der Waals surface area contributed by atoms with Crippen LogP contribution in [0.3, 0.4) is 0 Å². The molecule has 2 aromatic rings. The lowest BCUT2D eigenvalue weighted by Gasteiger charge is -2.14. The minimum absolute atomic E-state index is 0.426. The summed E-state index contributed by atoms with van der Waals surface area (Å²) in [6.45, 7) is 2.73. The molecule has 0 radical (unpaired) electrons. The average Bonchev–Trinajstić information content (AvgIpc) is 3.51. The van der Waals surface area contributed by atoms with Crippen LogP contribution in [0, 0.1) is 0 Å². The van der Waals surface area contributed by atoms with Crippen LogP contribution in [0.1, 0.15) is 41.5 Å². The molecule has 0 amide bonds. The third kappa shape index (κ3) is 1.96. The van der Waals surface area contributed by atoms with Crippen molar-refractivity contribution in [2.24, 2.45) is 5.73 Å². The minimum atomic E-state index is 0.426. The average molecular weight is 316 g/mol. The van der Waals surface area contributed by atoms with Crippen molar-refractivity contribution in [2.75, 3.05) is 13.1 Å². The van der Waals surface area contributed by atoms with E-state index in [0.717, 1.165) is 19.5 Å². The second-order valence-corrected chi connectivity index (χ2v) is 7.68. The lowest BCUT2D eigenvalue weighted by molar-refractivity contribution is 0.738. The maximum Gasteiger partial charge on any atom is 0.0178 e. The van der Waals surface area contributed by atoms with E-state index >= 15 is 0 Å². The van der Waals surface area contributed by atoms with Crippen molar-refractivity contribution >= 4 is 5.57 Å². The van der Waals surface area contributed by atoms with Crippen LogP contribution in [-0.2, 0) is 17.4 Å². The van der Waals surface area contributed by atoms with Crippen molar-refractivity contribution in [1.29, 1.82) is 0 Å².